The van der Waals surface area contributed by atoms with E-state index in [1.807, 2.05) is 4.57 Å². The van der Waals surface area contributed by atoms with Crippen LogP contribution in [0.1, 0.15) is 24.1 Å². The molecule has 1 unspecified atom stereocenters. The Morgan fingerprint density at radius 2 is 1.69 bits per heavy atom. The lowest BCUT2D eigenvalue weighted by Gasteiger charge is -2.19. The van der Waals surface area contributed by atoms with E-state index in [1.54, 1.807) is 44.4 Å². The van der Waals surface area contributed by atoms with Crippen LogP contribution >= 0.6 is 0 Å². The highest BCUT2D eigenvalue weighted by molar-refractivity contribution is 5.94. The molecule has 0 aliphatic carbocycles. The van der Waals surface area contributed by atoms with E-state index in [2.05, 4.69) is 10.3 Å². The fraction of sp³-hybridized carbons (Fsp3) is 0.281. The Kier molecular flexibility index (Phi) is 10.4. The Morgan fingerprint density at radius 1 is 0.978 bits per heavy atom. The van der Waals surface area contributed by atoms with Crippen LogP contribution in [-0.4, -0.2) is 76.1 Å². The van der Waals surface area contributed by atoms with Gasteiger partial charge in [-0.05, 0) is 60.9 Å². The number of allylic oxidation sites excluding steroid dienone is 1. The number of aromatic nitrogens is 3. The molecule has 1 N–H and O–H groups in total. The molecular formula is C32H34F2N6O5. The average Bonchev–Trinajstić information content (AvgIpc) is 3.32. The molecule has 0 fully saturated rings. The molecule has 13 heteroatoms. The van der Waals surface area contributed by atoms with Gasteiger partial charge in [-0.3, -0.25) is 14.4 Å². The summed E-state index contributed by atoms with van der Waals surface area (Å²) in [7, 11) is 6.14. The minimum absolute atomic E-state index is 0.0453. The zero-order chi connectivity index (χ0) is 32.7. The number of nitrogens with zero attached hydrogens (tertiary/aromatic N) is 5. The van der Waals surface area contributed by atoms with E-state index in [9.17, 15) is 28.0 Å². The summed E-state index contributed by atoms with van der Waals surface area (Å²) in [6.07, 6.45) is 3.97. The number of amides is 3. The summed E-state index contributed by atoms with van der Waals surface area (Å²) in [6, 6.07) is 12.1. The van der Waals surface area contributed by atoms with Crippen LogP contribution in [0, 0.1) is 11.6 Å². The van der Waals surface area contributed by atoms with E-state index >= 15 is 0 Å². The number of anilines is 1. The van der Waals surface area contributed by atoms with Crippen molar-refractivity contribution < 1.29 is 27.9 Å². The average molecular weight is 621 g/mol. The number of ether oxygens (including phenoxy) is 1. The van der Waals surface area contributed by atoms with Crippen molar-refractivity contribution in [1.29, 1.82) is 0 Å². The van der Waals surface area contributed by atoms with Crippen LogP contribution in [0.5, 0.6) is 0 Å². The first-order valence-corrected chi connectivity index (χ1v) is 14.1. The lowest BCUT2D eigenvalue weighted by molar-refractivity contribution is -0.125. The van der Waals surface area contributed by atoms with Crippen molar-refractivity contribution in [3.05, 3.63) is 106 Å². The summed E-state index contributed by atoms with van der Waals surface area (Å²) in [6.45, 7) is 0.382. The number of carbonyl (C=O) groups is 3. The lowest BCUT2D eigenvalue weighted by Crippen LogP contribution is -2.38. The third kappa shape index (κ3) is 8.40. The fourth-order valence-electron chi connectivity index (χ4n) is 4.47. The van der Waals surface area contributed by atoms with Crippen molar-refractivity contribution >= 4 is 34.6 Å². The molecule has 0 saturated carbocycles. The van der Waals surface area contributed by atoms with E-state index < -0.39 is 29.5 Å². The Morgan fingerprint density at radius 3 is 2.38 bits per heavy atom. The maximum Gasteiger partial charge on any atom is 0.410 e. The van der Waals surface area contributed by atoms with Gasteiger partial charge < -0.3 is 29.0 Å². The summed E-state index contributed by atoms with van der Waals surface area (Å²) < 4.78 is 36.2. The third-order valence-corrected chi connectivity index (χ3v) is 6.89. The van der Waals surface area contributed by atoms with E-state index in [1.165, 1.54) is 66.3 Å². The Hall–Kier alpha value is -5.33. The number of hydrogen-bond acceptors (Lipinski definition) is 6. The molecule has 11 nitrogen and oxygen atoms in total. The summed E-state index contributed by atoms with van der Waals surface area (Å²) >= 11 is 0. The molecule has 2 aromatic heterocycles. The second-order valence-corrected chi connectivity index (χ2v) is 10.7. The van der Waals surface area contributed by atoms with Gasteiger partial charge in [0, 0.05) is 63.7 Å². The highest BCUT2D eigenvalue weighted by Gasteiger charge is 2.25. The molecule has 1 atom stereocenters. The predicted octanol–water partition coefficient (Wildman–Crippen LogP) is 4.00. The molecule has 2 heterocycles. The molecular weight excluding hydrogens is 586 g/mol. The van der Waals surface area contributed by atoms with Crippen molar-refractivity contribution in [2.24, 2.45) is 0 Å². The number of carbonyl (C=O) groups excluding carboxylic acids is 3. The molecule has 4 aromatic rings. The number of halogens is 2. The Balaban J connectivity index is 1.58. The van der Waals surface area contributed by atoms with Crippen LogP contribution in [-0.2, 0) is 27.4 Å². The molecule has 0 radical (unpaired) electrons. The number of hydrogen-bond donors (Lipinski definition) is 1. The molecule has 0 saturated heterocycles. The molecule has 3 amide bonds. The Labute approximate surface area is 258 Å². The van der Waals surface area contributed by atoms with Gasteiger partial charge in [0.25, 0.3) is 11.5 Å². The smallest absolute Gasteiger partial charge is 0.410 e. The van der Waals surface area contributed by atoms with Gasteiger partial charge in [-0.2, -0.15) is 0 Å². The van der Waals surface area contributed by atoms with Crippen molar-refractivity contribution in [1.82, 2.24) is 23.9 Å². The Bertz CT molecular complexity index is 1780. The van der Waals surface area contributed by atoms with Gasteiger partial charge in [0.05, 0.1) is 6.54 Å². The van der Waals surface area contributed by atoms with E-state index in [0.29, 0.717) is 17.6 Å². The maximum absolute atomic E-state index is 14.1. The first kappa shape index (κ1) is 32.6. The molecule has 236 valence electrons. The van der Waals surface area contributed by atoms with Crippen LogP contribution in [0.2, 0.25) is 0 Å². The molecule has 0 spiro atoms. The molecule has 0 bridgehead atoms. The molecule has 0 aliphatic rings. The second-order valence-electron chi connectivity index (χ2n) is 10.7. The van der Waals surface area contributed by atoms with Gasteiger partial charge in [-0.1, -0.05) is 18.2 Å². The van der Waals surface area contributed by atoms with Gasteiger partial charge >= 0.3 is 6.09 Å². The van der Waals surface area contributed by atoms with E-state index in [-0.39, 0.29) is 36.9 Å². The molecule has 45 heavy (non-hydrogen) atoms. The van der Waals surface area contributed by atoms with Gasteiger partial charge in [0.2, 0.25) is 5.91 Å². The minimum atomic E-state index is -1.28. The second kappa shape index (κ2) is 14.4. The van der Waals surface area contributed by atoms with E-state index in [4.69, 9.17) is 4.74 Å². The number of benzene rings is 2. The third-order valence-electron chi connectivity index (χ3n) is 6.89. The minimum Gasteiger partial charge on any atom is -0.436 e. The topological polar surface area (TPSA) is 119 Å². The van der Waals surface area contributed by atoms with Crippen LogP contribution in [0.3, 0.4) is 0 Å². The van der Waals surface area contributed by atoms with Crippen LogP contribution < -0.4 is 10.9 Å². The highest BCUT2D eigenvalue weighted by atomic mass is 19.1. The predicted molar refractivity (Wildman–Crippen MR) is 165 cm³/mol. The highest BCUT2D eigenvalue weighted by Crippen LogP contribution is 2.23. The summed E-state index contributed by atoms with van der Waals surface area (Å²) in [5, 5.41) is 3.09. The van der Waals surface area contributed by atoms with Crippen molar-refractivity contribution in [2.45, 2.75) is 32.0 Å². The largest absolute Gasteiger partial charge is 0.436 e. The SMILES string of the molecule is CN(C)C(=O)/C=C/CCC(OC(=O)N(C)C)C(=O)Nc1nccn(Cc2cc3cc(F)ccc3n2Cc2ccc(F)cc2)c1=O. The number of fused-ring (bicyclic) bond motifs is 1. The van der Waals surface area contributed by atoms with Gasteiger partial charge in [-0.25, -0.2) is 18.6 Å². The van der Waals surface area contributed by atoms with Gasteiger partial charge in [0.1, 0.15) is 11.6 Å². The first-order valence-electron chi connectivity index (χ1n) is 14.1. The number of likely N-dealkylation sites (N-methyl/N-ethyl adjacent to an activating group) is 1. The zero-order valence-corrected chi connectivity index (χ0v) is 25.4. The number of nitrogens with one attached hydrogen (secondary N) is 1. The van der Waals surface area contributed by atoms with Gasteiger partial charge in [-0.15, -0.1) is 0 Å². The lowest BCUT2D eigenvalue weighted by atomic mass is 10.1. The zero-order valence-electron chi connectivity index (χ0n) is 25.4. The van der Waals surface area contributed by atoms with Crippen molar-refractivity contribution in [3.63, 3.8) is 0 Å². The monoisotopic (exact) mass is 620 g/mol. The standard InChI is InChI=1S/C32H34F2N6O5/c1-37(2)28(41)8-6-5-7-27(45-32(44)38(3)4)30(42)36-29-31(43)39(16-15-35-29)20-25-18-22-17-24(34)13-14-26(22)40(25)19-21-9-11-23(33)12-10-21/h6,8-18,27H,5,7,19-20H2,1-4H3,(H,35,36,42)/b8-6+. The first-order chi connectivity index (χ1) is 21.4. The molecule has 0 aliphatic heterocycles. The van der Waals surface area contributed by atoms with Crippen LogP contribution in [0.25, 0.3) is 10.9 Å². The summed E-state index contributed by atoms with van der Waals surface area (Å²) in [5.74, 6) is -2.06. The molecule has 4 rings (SSSR count). The maximum atomic E-state index is 14.1. The van der Waals surface area contributed by atoms with Crippen LogP contribution in [0.4, 0.5) is 19.4 Å². The molecule has 2 aromatic carbocycles. The van der Waals surface area contributed by atoms with Crippen LogP contribution in [0.15, 0.2) is 77.9 Å². The van der Waals surface area contributed by atoms with Gasteiger partial charge in [0.15, 0.2) is 11.9 Å². The van der Waals surface area contributed by atoms with E-state index in [0.717, 1.165) is 16.0 Å². The summed E-state index contributed by atoms with van der Waals surface area (Å²) in [4.78, 5) is 57.3. The van der Waals surface area contributed by atoms with Crippen molar-refractivity contribution in [3.8, 4) is 0 Å². The van der Waals surface area contributed by atoms with Crippen molar-refractivity contribution in [2.75, 3.05) is 33.5 Å². The quantitative estimate of drug-likeness (QED) is 0.253. The normalized spacial score (nSPS) is 11.9. The summed E-state index contributed by atoms with van der Waals surface area (Å²) in [5.41, 5.74) is 1.55. The fourth-order valence-corrected chi connectivity index (χ4v) is 4.47. The number of rotatable bonds is 11.